The third-order valence-electron chi connectivity index (χ3n) is 14.8. The van der Waals surface area contributed by atoms with Gasteiger partial charge in [0, 0.05) is 44.0 Å². The number of rotatable bonds is 22. The third kappa shape index (κ3) is 15.7. The SMILES string of the molecule is CCN[C@H]1CO[C@@H](O[C@H]2[C@H](O[C@@H]3C#C/C=C\C#C[C@]4(O)CC(=O)C(NC(=O)OC)=C3/C4=C/CSSSC)O[C@H](C)[C@@H](NO[C@H]3C[C@H](O)[C@H](SC(=O)c4c(C)c(I)c(O[C@@H]5O[C@@H](C)[C@H](O)[C@@H](OC)[C@H]5O)c(OC)c4OC)[C@@H](C)O3)[C@@H]2O)C[C@@H]1OC. The fraction of sp³-hybridized carbons (Fsp3) is 0.655. The average molecular weight is 1370 g/mol. The van der Waals surface area contributed by atoms with Crippen LogP contribution < -0.4 is 30.3 Å². The number of aliphatic hydroxyl groups excluding tert-OH is 4. The first-order valence-electron chi connectivity index (χ1n) is 26.9. The number of hydroxylamine groups is 1. The van der Waals surface area contributed by atoms with E-state index in [-0.39, 0.29) is 71.2 Å². The fourth-order valence-corrected chi connectivity index (χ4v) is 14.7. The smallest absolute Gasteiger partial charge is 0.411 e. The standard InChI is InChI=1S/C55H74IN3O21S4/c1-12-57-30-24-73-35(22-34(30)68-6)78-48-43(63)40(26(3)75-53(48)77-33-17-15-13-14-16-19-55(67)23-32(61)41(58-54(66)72-10)38(33)29(55)18-20-82-84-81-11)59-80-36-21-31(60)50(28(5)74-36)83-51(65)37-25(2)39(56)46(49(71-9)45(37)69-7)79-52-44(64)47(70-8)42(62)27(4)76-52/h13-14,18,26-28,30-31,33-36,40,42-44,47-48,50,52-53,57,59-60,62-64,67H,12,20-24H2,1-11H3,(H,58,66)/b14-13-,29-18-/t26-,27+,28-,30+,31+,33-,34+,35+,36+,40-,42+,43+,44-,47-,48-,50-,52+,53+,55+/m1/s1. The topological polar surface area (TPSA) is 308 Å². The van der Waals surface area contributed by atoms with Gasteiger partial charge in [0.05, 0.1) is 97.0 Å². The number of nitrogens with one attached hydrogen (secondary N) is 3. The zero-order valence-corrected chi connectivity index (χ0v) is 53.6. The summed E-state index contributed by atoms with van der Waals surface area (Å²) < 4.78 is 72.5. The van der Waals surface area contributed by atoms with Crippen LogP contribution in [0.25, 0.3) is 0 Å². The molecule has 4 aliphatic heterocycles. The van der Waals surface area contributed by atoms with E-state index in [9.17, 15) is 39.9 Å². The molecule has 1 aromatic rings. The normalized spacial score (nSPS) is 35.9. The number of likely N-dealkylation sites (N-methyl/N-ethyl adjacent to an activating group) is 1. The number of allylic oxidation sites excluding steroid dienone is 3. The number of ether oxygens (including phenoxy) is 12. The molecule has 4 fully saturated rings. The number of alkyl carbamates (subject to hydrolysis) is 1. The molecule has 0 aromatic heterocycles. The van der Waals surface area contributed by atoms with Gasteiger partial charge >= 0.3 is 6.09 Å². The number of aliphatic hydroxyl groups is 5. The fourth-order valence-electron chi connectivity index (χ4n) is 10.5. The first kappa shape index (κ1) is 68.5. The van der Waals surface area contributed by atoms with Crippen LogP contribution in [0, 0.1) is 34.2 Å². The van der Waals surface area contributed by atoms with E-state index in [0.717, 1.165) is 18.9 Å². The van der Waals surface area contributed by atoms with E-state index in [2.05, 4.69) is 39.8 Å². The molecule has 7 rings (SSSR count). The Balaban J connectivity index is 1.12. The van der Waals surface area contributed by atoms with Gasteiger partial charge in [-0.25, -0.2) is 4.79 Å². The number of thioether (sulfide) groups is 1. The van der Waals surface area contributed by atoms with E-state index in [1.807, 2.05) is 35.8 Å². The van der Waals surface area contributed by atoms with Gasteiger partial charge in [0.25, 0.3) is 0 Å². The van der Waals surface area contributed by atoms with Gasteiger partial charge in [0.15, 0.2) is 41.8 Å². The van der Waals surface area contributed by atoms with Crippen molar-refractivity contribution in [3.8, 4) is 40.9 Å². The minimum absolute atomic E-state index is 0.0155. The summed E-state index contributed by atoms with van der Waals surface area (Å²) in [7, 11) is 11.3. The van der Waals surface area contributed by atoms with Crippen LogP contribution in [0.1, 0.15) is 62.9 Å². The summed E-state index contributed by atoms with van der Waals surface area (Å²) in [4.78, 5) is 47.5. The third-order valence-corrected chi connectivity index (χ3v) is 21.2. The van der Waals surface area contributed by atoms with Crippen LogP contribution >= 0.6 is 65.8 Å². The number of fused-ring (bicyclic) bond motifs is 2. The molecule has 24 nitrogen and oxygen atoms in total. The predicted octanol–water partition coefficient (Wildman–Crippen LogP) is 3.20. The summed E-state index contributed by atoms with van der Waals surface area (Å²) in [6.45, 7) is 9.41. The van der Waals surface area contributed by atoms with Crippen molar-refractivity contribution in [2.75, 3.05) is 60.7 Å². The Morgan fingerprint density at radius 1 is 0.881 bits per heavy atom. The number of amides is 1. The van der Waals surface area contributed by atoms with Gasteiger partial charge in [0.2, 0.25) is 17.2 Å². The van der Waals surface area contributed by atoms with Gasteiger partial charge in [-0.05, 0) is 90.6 Å². The van der Waals surface area contributed by atoms with Crippen LogP contribution in [0.15, 0.2) is 35.1 Å². The van der Waals surface area contributed by atoms with Gasteiger partial charge in [-0.3, -0.25) is 19.7 Å². The molecule has 0 spiro atoms. The molecular weight excluding hydrogens is 1290 g/mol. The molecule has 1 aromatic carbocycles. The predicted molar refractivity (Wildman–Crippen MR) is 320 cm³/mol. The second kappa shape index (κ2) is 31.5. The molecule has 2 bridgehead atoms. The van der Waals surface area contributed by atoms with Crippen LogP contribution in [0.3, 0.4) is 0 Å². The maximum atomic E-state index is 14.4. The molecule has 6 aliphatic rings. The maximum absolute atomic E-state index is 14.4. The summed E-state index contributed by atoms with van der Waals surface area (Å²) in [6.07, 6.45) is -11.9. The van der Waals surface area contributed by atoms with Crippen molar-refractivity contribution in [3.63, 3.8) is 0 Å². The number of carbonyl (C=O) groups is 3. The quantitative estimate of drug-likeness (QED) is 0.0272. The minimum Gasteiger partial charge on any atom is -0.492 e. The lowest BCUT2D eigenvalue weighted by molar-refractivity contribution is -0.336. The van der Waals surface area contributed by atoms with Crippen molar-refractivity contribution in [2.45, 2.75) is 169 Å². The van der Waals surface area contributed by atoms with Gasteiger partial charge < -0.3 is 87.7 Å². The second-order valence-corrected chi connectivity index (χ2v) is 26.7. The molecule has 0 unspecified atom stereocenters. The number of hydrogen-bond donors (Lipinski definition) is 8. The van der Waals surface area contributed by atoms with Crippen LogP contribution in [0.5, 0.6) is 17.2 Å². The van der Waals surface area contributed by atoms with Crippen molar-refractivity contribution >= 4 is 82.8 Å². The van der Waals surface area contributed by atoms with E-state index in [1.165, 1.54) is 64.9 Å². The lowest BCUT2D eigenvalue weighted by atomic mass is 9.75. The van der Waals surface area contributed by atoms with Gasteiger partial charge in [-0.15, -0.1) is 0 Å². The highest BCUT2D eigenvalue weighted by Gasteiger charge is 2.52. The van der Waals surface area contributed by atoms with E-state index in [0.29, 0.717) is 21.4 Å². The molecule has 19 atom stereocenters. The van der Waals surface area contributed by atoms with Crippen molar-refractivity contribution in [1.82, 2.24) is 16.1 Å². The van der Waals surface area contributed by atoms with Crippen LogP contribution in [0.2, 0.25) is 0 Å². The van der Waals surface area contributed by atoms with Gasteiger partial charge in [0.1, 0.15) is 36.6 Å². The Morgan fingerprint density at radius 3 is 2.27 bits per heavy atom. The Kier molecular flexibility index (Phi) is 25.7. The number of Topliss-reactive ketones (excluding diaryl/α,β-unsaturated/α-hetero) is 1. The van der Waals surface area contributed by atoms with Crippen molar-refractivity contribution in [3.05, 3.63) is 49.8 Å². The molecule has 84 heavy (non-hydrogen) atoms. The first-order chi connectivity index (χ1) is 40.2. The van der Waals surface area contributed by atoms with Crippen LogP contribution in [-0.4, -0.2) is 218 Å². The molecule has 0 radical (unpaired) electrons. The Bertz CT molecular complexity index is 2710. The molecule has 0 saturated carbocycles. The monoisotopic (exact) mass is 1370 g/mol. The summed E-state index contributed by atoms with van der Waals surface area (Å²) in [6, 6.07) is -1.27. The number of hydrogen-bond acceptors (Lipinski definition) is 27. The Hall–Kier alpha value is -2.94. The van der Waals surface area contributed by atoms with Crippen molar-refractivity contribution in [2.24, 2.45) is 0 Å². The van der Waals surface area contributed by atoms with E-state index in [1.54, 1.807) is 40.9 Å². The largest absolute Gasteiger partial charge is 0.492 e. The number of ketones is 1. The molecule has 1 amide bonds. The number of carbonyl (C=O) groups excluding carboxylic acids is 3. The lowest BCUT2D eigenvalue weighted by Crippen LogP contribution is -2.65. The highest BCUT2D eigenvalue weighted by atomic mass is 127. The van der Waals surface area contributed by atoms with Crippen molar-refractivity contribution < 1.29 is 102 Å². The summed E-state index contributed by atoms with van der Waals surface area (Å²) >= 11 is 2.83. The lowest BCUT2D eigenvalue weighted by Gasteiger charge is -2.46. The molecule has 29 heteroatoms. The minimum atomic E-state index is -2.05. The summed E-state index contributed by atoms with van der Waals surface area (Å²) in [5, 5.41) is 62.7. The highest BCUT2D eigenvalue weighted by Crippen LogP contribution is 2.49. The average Bonchev–Trinajstić information content (AvgIpc) is 1.36. The molecule has 466 valence electrons. The number of halogens is 1. The summed E-state index contributed by atoms with van der Waals surface area (Å²) in [5.74, 6) is 11.3. The highest BCUT2D eigenvalue weighted by molar-refractivity contribution is 14.1. The molecule has 4 heterocycles. The number of benzene rings is 1. The maximum Gasteiger partial charge on any atom is 0.411 e. The second-order valence-electron chi connectivity index (χ2n) is 20.1. The summed E-state index contributed by atoms with van der Waals surface area (Å²) in [5.41, 5.74) is 1.30. The van der Waals surface area contributed by atoms with Crippen molar-refractivity contribution in [1.29, 1.82) is 0 Å². The zero-order valence-electron chi connectivity index (χ0n) is 48.1. The van der Waals surface area contributed by atoms with Gasteiger partial charge in [-0.2, -0.15) is 5.48 Å². The van der Waals surface area contributed by atoms with Crippen LogP contribution in [-0.2, 0) is 52.3 Å². The van der Waals surface area contributed by atoms with Crippen LogP contribution in [0.4, 0.5) is 4.79 Å². The molecule has 8 N–H and O–H groups in total. The Morgan fingerprint density at radius 2 is 1.61 bits per heavy atom. The molecule has 2 aliphatic carbocycles. The molecular formula is C55H74IN3O21S4. The Labute approximate surface area is 517 Å². The number of methoxy groups -OCH3 is 5. The van der Waals surface area contributed by atoms with E-state index < -0.39 is 127 Å². The zero-order chi connectivity index (χ0) is 61.2. The van der Waals surface area contributed by atoms with Gasteiger partial charge in [-0.1, -0.05) is 70.0 Å². The molecule has 4 saturated heterocycles. The van der Waals surface area contributed by atoms with E-state index >= 15 is 0 Å². The van der Waals surface area contributed by atoms with E-state index in [4.69, 9.17) is 61.7 Å². The first-order valence-corrected chi connectivity index (χ1v) is 32.9.